The SMILES string of the molecule is CSCCC(NC(=O)c1cc(-c2cccs2)nc2c1c(C)nn2-c1ccccc1)c1nc2ccccc2[nH]1. The number of nitrogens with zero attached hydrogens (tertiary/aromatic N) is 4. The number of benzene rings is 2. The predicted molar refractivity (Wildman–Crippen MR) is 156 cm³/mol. The molecule has 0 aliphatic carbocycles. The summed E-state index contributed by atoms with van der Waals surface area (Å²) < 4.78 is 1.82. The topological polar surface area (TPSA) is 88.5 Å². The van der Waals surface area contributed by atoms with E-state index in [1.165, 1.54) is 0 Å². The van der Waals surface area contributed by atoms with Gasteiger partial charge in [-0.25, -0.2) is 14.6 Å². The van der Waals surface area contributed by atoms with E-state index in [4.69, 9.17) is 15.1 Å². The fourth-order valence-corrected chi connectivity index (χ4v) is 5.81. The number of thioether (sulfide) groups is 1. The maximum atomic E-state index is 14.0. The minimum atomic E-state index is -0.264. The number of aryl methyl sites for hydroxylation is 1. The summed E-state index contributed by atoms with van der Waals surface area (Å²) >= 11 is 3.34. The van der Waals surface area contributed by atoms with E-state index in [2.05, 4.69) is 16.6 Å². The second-order valence-electron chi connectivity index (χ2n) is 9.01. The second kappa shape index (κ2) is 10.4. The van der Waals surface area contributed by atoms with E-state index in [0.29, 0.717) is 11.2 Å². The molecular weight excluding hydrogens is 512 g/mol. The average Bonchev–Trinajstić information content (AvgIpc) is 3.70. The number of rotatable bonds is 8. The quantitative estimate of drug-likeness (QED) is 0.229. The van der Waals surface area contributed by atoms with E-state index in [1.54, 1.807) is 23.1 Å². The molecule has 0 bridgehead atoms. The van der Waals surface area contributed by atoms with Crippen molar-refractivity contribution in [3.8, 4) is 16.3 Å². The van der Waals surface area contributed by atoms with Crippen molar-refractivity contribution < 1.29 is 4.79 Å². The first-order valence-electron chi connectivity index (χ1n) is 12.4. The van der Waals surface area contributed by atoms with Crippen LogP contribution >= 0.6 is 23.1 Å². The molecule has 1 amide bonds. The van der Waals surface area contributed by atoms with Crippen molar-refractivity contribution in [2.45, 2.75) is 19.4 Å². The molecule has 0 aliphatic rings. The van der Waals surface area contributed by atoms with Crippen LogP contribution in [0.1, 0.15) is 34.3 Å². The number of thiophene rings is 1. The van der Waals surface area contributed by atoms with Gasteiger partial charge in [0.05, 0.1) is 50.0 Å². The molecule has 4 aromatic heterocycles. The molecule has 0 radical (unpaired) electrons. The minimum absolute atomic E-state index is 0.169. The first-order valence-corrected chi connectivity index (χ1v) is 14.6. The molecule has 6 rings (SSSR count). The monoisotopic (exact) mass is 538 g/mol. The van der Waals surface area contributed by atoms with Gasteiger partial charge in [0.15, 0.2) is 5.65 Å². The summed E-state index contributed by atoms with van der Waals surface area (Å²) in [4.78, 5) is 28.2. The second-order valence-corrected chi connectivity index (χ2v) is 10.9. The van der Waals surface area contributed by atoms with E-state index in [-0.39, 0.29) is 11.9 Å². The van der Waals surface area contributed by atoms with Crippen molar-refractivity contribution in [3.63, 3.8) is 0 Å². The molecule has 0 fully saturated rings. The largest absolute Gasteiger partial charge is 0.342 e. The lowest BCUT2D eigenvalue weighted by Crippen LogP contribution is -2.30. The summed E-state index contributed by atoms with van der Waals surface area (Å²) in [6.07, 6.45) is 2.82. The van der Waals surface area contributed by atoms with Crippen LogP contribution in [0.5, 0.6) is 0 Å². The molecule has 1 atom stereocenters. The Labute approximate surface area is 228 Å². The van der Waals surface area contributed by atoms with Gasteiger partial charge in [-0.3, -0.25) is 4.79 Å². The van der Waals surface area contributed by atoms with Crippen LogP contribution in [-0.4, -0.2) is 42.6 Å². The van der Waals surface area contributed by atoms with Crippen molar-refractivity contribution in [1.82, 2.24) is 30.0 Å². The molecule has 2 aromatic carbocycles. The number of aromatic nitrogens is 5. The molecule has 190 valence electrons. The first-order chi connectivity index (χ1) is 18.6. The number of hydrogen-bond donors (Lipinski definition) is 2. The predicted octanol–water partition coefficient (Wildman–Crippen LogP) is 6.56. The third-order valence-corrected chi connectivity index (χ3v) is 8.02. The Morgan fingerprint density at radius 1 is 1.08 bits per heavy atom. The number of imidazole rings is 1. The highest BCUT2D eigenvalue weighted by Crippen LogP contribution is 2.31. The molecule has 4 heterocycles. The van der Waals surface area contributed by atoms with Crippen LogP contribution in [-0.2, 0) is 0 Å². The fraction of sp³-hybridized carbons (Fsp3) is 0.172. The van der Waals surface area contributed by atoms with Crippen molar-refractivity contribution in [3.05, 3.63) is 95.3 Å². The van der Waals surface area contributed by atoms with Crippen LogP contribution in [0.3, 0.4) is 0 Å². The minimum Gasteiger partial charge on any atom is -0.342 e. The summed E-state index contributed by atoms with van der Waals surface area (Å²) in [5, 5.41) is 10.8. The maximum absolute atomic E-state index is 14.0. The van der Waals surface area contributed by atoms with Crippen molar-refractivity contribution >= 4 is 51.1 Å². The zero-order valence-corrected chi connectivity index (χ0v) is 22.6. The van der Waals surface area contributed by atoms with Gasteiger partial charge in [0, 0.05) is 0 Å². The van der Waals surface area contributed by atoms with E-state index in [0.717, 1.165) is 56.4 Å². The van der Waals surface area contributed by atoms with E-state index in [9.17, 15) is 4.79 Å². The molecule has 9 heteroatoms. The molecule has 1 unspecified atom stereocenters. The third-order valence-electron chi connectivity index (χ3n) is 6.49. The molecular formula is C29H26N6OS2. The Balaban J connectivity index is 1.46. The van der Waals surface area contributed by atoms with Gasteiger partial charge >= 0.3 is 0 Å². The van der Waals surface area contributed by atoms with Crippen LogP contribution in [0.2, 0.25) is 0 Å². The van der Waals surface area contributed by atoms with Crippen LogP contribution in [0.25, 0.3) is 38.3 Å². The van der Waals surface area contributed by atoms with E-state index >= 15 is 0 Å². The third kappa shape index (κ3) is 4.59. The zero-order chi connectivity index (χ0) is 26.1. The number of fused-ring (bicyclic) bond motifs is 2. The number of hydrogen-bond acceptors (Lipinski definition) is 6. The molecule has 7 nitrogen and oxygen atoms in total. The standard InChI is InChI=1S/C29H26N6OS2/c1-18-26-20(29(36)33-23(14-16-37-2)27-30-21-11-6-7-12-22(21)31-27)17-24(25-13-8-15-38-25)32-28(26)35(34-18)19-9-4-3-5-10-19/h3-13,15,17,23H,14,16H2,1-2H3,(H,30,31)(H,33,36). The molecule has 0 aliphatic heterocycles. The highest BCUT2D eigenvalue weighted by molar-refractivity contribution is 7.98. The van der Waals surface area contributed by atoms with Gasteiger partial charge in [-0.2, -0.15) is 16.9 Å². The Morgan fingerprint density at radius 3 is 2.66 bits per heavy atom. The van der Waals surface area contributed by atoms with Crippen molar-refractivity contribution in [2.24, 2.45) is 0 Å². The first kappa shape index (κ1) is 24.4. The summed E-state index contributed by atoms with van der Waals surface area (Å²) in [5.74, 6) is 1.48. The van der Waals surface area contributed by atoms with E-state index < -0.39 is 0 Å². The van der Waals surface area contributed by atoms with Crippen LogP contribution < -0.4 is 5.32 Å². The summed E-state index contributed by atoms with van der Waals surface area (Å²) in [7, 11) is 0. The number of H-pyrrole nitrogens is 1. The van der Waals surface area contributed by atoms with E-state index in [1.807, 2.05) is 89.8 Å². The number of carbonyl (C=O) groups excluding carboxylic acids is 1. The lowest BCUT2D eigenvalue weighted by Gasteiger charge is -2.17. The highest BCUT2D eigenvalue weighted by atomic mass is 32.2. The molecule has 0 saturated heterocycles. The molecule has 38 heavy (non-hydrogen) atoms. The maximum Gasteiger partial charge on any atom is 0.252 e. The number of amides is 1. The fourth-order valence-electron chi connectivity index (χ4n) is 4.65. The Bertz CT molecular complexity index is 1690. The van der Waals surface area contributed by atoms with Gasteiger partial charge in [0.1, 0.15) is 5.82 Å². The van der Waals surface area contributed by atoms with Gasteiger partial charge in [0.2, 0.25) is 0 Å². The molecule has 0 saturated carbocycles. The Morgan fingerprint density at radius 2 is 1.89 bits per heavy atom. The molecule has 0 spiro atoms. The summed E-state index contributed by atoms with van der Waals surface area (Å²) in [6, 6.07) is 23.5. The van der Waals surface area contributed by atoms with Gasteiger partial charge in [-0.15, -0.1) is 11.3 Å². The highest BCUT2D eigenvalue weighted by Gasteiger charge is 2.24. The molecule has 2 N–H and O–H groups in total. The number of aromatic amines is 1. The summed E-state index contributed by atoms with van der Waals surface area (Å²) in [5.41, 5.74) is 5.46. The van der Waals surface area contributed by atoms with Crippen LogP contribution in [0.4, 0.5) is 0 Å². The van der Waals surface area contributed by atoms with Crippen LogP contribution in [0.15, 0.2) is 78.2 Å². The lowest BCUT2D eigenvalue weighted by molar-refractivity contribution is 0.0935. The summed E-state index contributed by atoms with van der Waals surface area (Å²) in [6.45, 7) is 1.93. The Hall–Kier alpha value is -3.95. The van der Waals surface area contributed by atoms with Crippen LogP contribution in [0, 0.1) is 6.92 Å². The number of carbonyl (C=O) groups is 1. The van der Waals surface area contributed by atoms with Gasteiger partial charge in [0.25, 0.3) is 5.91 Å². The van der Waals surface area contributed by atoms with Gasteiger partial charge in [-0.1, -0.05) is 36.4 Å². The van der Waals surface area contributed by atoms with Crippen molar-refractivity contribution in [2.75, 3.05) is 12.0 Å². The zero-order valence-electron chi connectivity index (χ0n) is 21.0. The average molecular weight is 539 g/mol. The van der Waals surface area contributed by atoms with Gasteiger partial charge in [-0.05, 0) is 67.1 Å². The van der Waals surface area contributed by atoms with Crippen molar-refractivity contribution in [1.29, 1.82) is 0 Å². The lowest BCUT2D eigenvalue weighted by atomic mass is 10.1. The normalized spacial score (nSPS) is 12.3. The Kier molecular flexibility index (Phi) is 6.70. The van der Waals surface area contributed by atoms with Gasteiger partial charge < -0.3 is 10.3 Å². The smallest absolute Gasteiger partial charge is 0.252 e. The number of nitrogens with one attached hydrogen (secondary N) is 2. The molecule has 6 aromatic rings. The number of pyridine rings is 1. The number of para-hydroxylation sites is 3.